The highest BCUT2D eigenvalue weighted by Crippen LogP contribution is 2.52. The summed E-state index contributed by atoms with van der Waals surface area (Å²) < 4.78 is 2.59. The molecule has 5 aliphatic rings. The minimum atomic E-state index is -0.219. The Balaban J connectivity index is 0.886. The van der Waals surface area contributed by atoms with Gasteiger partial charge in [-0.25, -0.2) is 4.99 Å². The Kier molecular flexibility index (Phi) is 8.63. The number of nitrogens with zero attached hydrogens (tertiary/aromatic N) is 3. The van der Waals surface area contributed by atoms with Crippen molar-refractivity contribution in [2.24, 2.45) is 16.8 Å². The Morgan fingerprint density at radius 2 is 1.35 bits per heavy atom. The SMILES string of the molecule is C1=CC(C2NC(c3ccccc3)=NC(c3ccc4c(ccc5ccccc54)c3)N2)C(N2C3=Cc4ccccc4CC3C3=C2CCC(n2c4ccccc4c4cc5ccccc5cc42)=C3)CC1. The third-order valence-electron chi connectivity index (χ3n) is 15.4. The van der Waals surface area contributed by atoms with Crippen LogP contribution in [0.5, 0.6) is 0 Å². The summed E-state index contributed by atoms with van der Waals surface area (Å²) in [4.78, 5) is 8.27. The molecule has 0 bridgehead atoms. The first-order valence-corrected chi connectivity index (χ1v) is 23.9. The van der Waals surface area contributed by atoms with Gasteiger partial charge in [0.1, 0.15) is 12.0 Å². The number of aliphatic imine (C=N–C) groups is 1. The van der Waals surface area contributed by atoms with Crippen molar-refractivity contribution in [1.29, 1.82) is 0 Å². The van der Waals surface area contributed by atoms with Gasteiger partial charge >= 0.3 is 0 Å². The van der Waals surface area contributed by atoms with E-state index in [-0.39, 0.29) is 24.3 Å². The molecule has 3 aliphatic carbocycles. The fourth-order valence-corrected chi connectivity index (χ4v) is 12.3. The Labute approximate surface area is 384 Å². The molecule has 2 aliphatic heterocycles. The van der Waals surface area contributed by atoms with Crippen LogP contribution in [0.3, 0.4) is 0 Å². The molecular formula is C61H49N5. The summed E-state index contributed by atoms with van der Waals surface area (Å²) in [5.74, 6) is 1.40. The Bertz CT molecular complexity index is 3620. The molecule has 5 unspecified atom stereocenters. The predicted octanol–water partition coefficient (Wildman–Crippen LogP) is 13.7. The summed E-state index contributed by atoms with van der Waals surface area (Å²) in [6.45, 7) is 0. The average molecular weight is 852 g/mol. The monoisotopic (exact) mass is 851 g/mol. The molecule has 2 N–H and O–H groups in total. The quantitative estimate of drug-likeness (QED) is 0.134. The fraction of sp³-hybridized carbons (Fsp3) is 0.164. The largest absolute Gasteiger partial charge is 0.354 e. The lowest BCUT2D eigenvalue weighted by atomic mass is 9.81. The van der Waals surface area contributed by atoms with Crippen LogP contribution < -0.4 is 10.6 Å². The minimum absolute atomic E-state index is 0.0572. The van der Waals surface area contributed by atoms with Gasteiger partial charge in [0.2, 0.25) is 0 Å². The van der Waals surface area contributed by atoms with Crippen LogP contribution in [0.15, 0.2) is 210 Å². The fourth-order valence-electron chi connectivity index (χ4n) is 12.3. The van der Waals surface area contributed by atoms with Gasteiger partial charge in [-0.15, -0.1) is 0 Å². The summed E-state index contributed by atoms with van der Waals surface area (Å²) in [6.07, 6.45) is 14.9. The summed E-state index contributed by atoms with van der Waals surface area (Å²) >= 11 is 0. The number of para-hydroxylation sites is 1. The second-order valence-corrected chi connectivity index (χ2v) is 19.0. The highest BCUT2D eigenvalue weighted by atomic mass is 15.3. The van der Waals surface area contributed by atoms with Crippen LogP contribution in [0, 0.1) is 11.8 Å². The number of fused-ring (bicyclic) bond motifs is 10. The maximum absolute atomic E-state index is 5.43. The molecule has 0 saturated carbocycles. The van der Waals surface area contributed by atoms with Crippen LogP contribution >= 0.6 is 0 Å². The maximum Gasteiger partial charge on any atom is 0.131 e. The number of amidine groups is 1. The van der Waals surface area contributed by atoms with E-state index in [9.17, 15) is 0 Å². The van der Waals surface area contributed by atoms with Gasteiger partial charge in [0.05, 0.1) is 17.2 Å². The standard InChI is InChI=1S/C61H49N5/c1-2-15-39(16-3-1)59-62-60(45-28-30-48-44(32-45)27-26-38-14-8-9-21-47(38)48)64-61(63-59)50-23-11-13-25-55(50)66-56-31-29-46(37-53(56)52-34-41-18-5-7-20-43(41)36-58(52)66)65-54-24-12-10-22-49(54)51-33-40-17-4-6-19-42(40)35-57(51)65/h1-12,14-24,26-28,30,32-33,35-37,50,52,55,60-61,64H,13,25,29,31,34H2,(H,62,63). The molecule has 66 heavy (non-hydrogen) atoms. The molecule has 0 spiro atoms. The van der Waals surface area contributed by atoms with Crippen molar-refractivity contribution >= 4 is 71.7 Å². The van der Waals surface area contributed by atoms with Gasteiger partial charge in [0.15, 0.2) is 0 Å². The van der Waals surface area contributed by atoms with Crippen molar-refractivity contribution in [3.05, 3.63) is 227 Å². The van der Waals surface area contributed by atoms with E-state index < -0.39 is 0 Å². The number of hydrogen-bond acceptors (Lipinski definition) is 4. The Morgan fingerprint density at radius 3 is 2.26 bits per heavy atom. The van der Waals surface area contributed by atoms with E-state index in [1.807, 2.05) is 0 Å². The van der Waals surface area contributed by atoms with Crippen molar-refractivity contribution < 1.29 is 0 Å². The molecule has 14 rings (SSSR count). The summed E-state index contributed by atoms with van der Waals surface area (Å²) in [5, 5.41) is 18.4. The number of aromatic nitrogens is 1. The van der Waals surface area contributed by atoms with Crippen LogP contribution in [0.1, 0.15) is 54.1 Å². The van der Waals surface area contributed by atoms with Crippen LogP contribution in [0.2, 0.25) is 0 Å². The lowest BCUT2D eigenvalue weighted by Gasteiger charge is -2.45. The van der Waals surface area contributed by atoms with E-state index in [0.29, 0.717) is 5.92 Å². The van der Waals surface area contributed by atoms with E-state index >= 15 is 0 Å². The minimum Gasteiger partial charge on any atom is -0.354 e. The molecule has 318 valence electrons. The van der Waals surface area contributed by atoms with Crippen molar-refractivity contribution in [3.63, 3.8) is 0 Å². The number of allylic oxidation sites excluding steroid dienone is 5. The molecule has 5 atom stereocenters. The van der Waals surface area contributed by atoms with Crippen LogP contribution in [0.4, 0.5) is 0 Å². The van der Waals surface area contributed by atoms with E-state index in [0.717, 1.165) is 43.5 Å². The molecule has 5 heteroatoms. The van der Waals surface area contributed by atoms with Crippen molar-refractivity contribution in [1.82, 2.24) is 20.1 Å². The van der Waals surface area contributed by atoms with Gasteiger partial charge < -0.3 is 14.8 Å². The molecule has 8 aromatic carbocycles. The predicted molar refractivity (Wildman–Crippen MR) is 274 cm³/mol. The molecule has 3 heterocycles. The van der Waals surface area contributed by atoms with E-state index in [4.69, 9.17) is 4.99 Å². The molecule has 0 saturated heterocycles. The highest BCUT2D eigenvalue weighted by Gasteiger charge is 2.46. The first-order chi connectivity index (χ1) is 32.7. The zero-order valence-electron chi connectivity index (χ0n) is 36.7. The smallest absolute Gasteiger partial charge is 0.131 e. The molecule has 0 amide bonds. The van der Waals surface area contributed by atoms with E-state index in [1.54, 1.807) is 0 Å². The number of hydrogen-bond donors (Lipinski definition) is 2. The third-order valence-corrected chi connectivity index (χ3v) is 15.4. The summed E-state index contributed by atoms with van der Waals surface area (Å²) in [7, 11) is 0. The molecule has 5 nitrogen and oxygen atoms in total. The summed E-state index contributed by atoms with van der Waals surface area (Å²) in [6, 6.07) is 62.8. The van der Waals surface area contributed by atoms with Gasteiger partial charge in [-0.2, -0.15) is 0 Å². The molecule has 0 radical (unpaired) electrons. The van der Waals surface area contributed by atoms with Gasteiger partial charge in [-0.05, 0) is 123 Å². The normalized spacial score (nSPS) is 22.6. The first-order valence-electron chi connectivity index (χ1n) is 23.9. The van der Waals surface area contributed by atoms with Crippen LogP contribution in [0.25, 0.3) is 65.9 Å². The number of benzene rings is 8. The Morgan fingerprint density at radius 1 is 0.591 bits per heavy atom. The van der Waals surface area contributed by atoms with E-state index in [1.165, 1.54) is 93.5 Å². The molecule has 0 fully saturated rings. The van der Waals surface area contributed by atoms with Crippen molar-refractivity contribution in [2.45, 2.75) is 50.5 Å². The third kappa shape index (κ3) is 5.99. The first kappa shape index (κ1) is 37.9. The zero-order chi connectivity index (χ0) is 43.3. The lowest BCUT2D eigenvalue weighted by Crippen LogP contribution is -2.59. The number of rotatable bonds is 5. The van der Waals surface area contributed by atoms with Gasteiger partial charge in [-0.1, -0.05) is 158 Å². The topological polar surface area (TPSA) is 44.6 Å². The highest BCUT2D eigenvalue weighted by molar-refractivity contribution is 6.14. The zero-order valence-corrected chi connectivity index (χ0v) is 36.7. The Hall–Kier alpha value is -7.47. The molecule has 1 aromatic heterocycles. The second-order valence-electron chi connectivity index (χ2n) is 19.0. The van der Waals surface area contributed by atoms with E-state index in [2.05, 4.69) is 214 Å². The molecule has 9 aromatic rings. The molecular weight excluding hydrogens is 803 g/mol. The number of nitrogens with one attached hydrogen (secondary N) is 2. The summed E-state index contributed by atoms with van der Waals surface area (Å²) in [5.41, 5.74) is 13.5. The average Bonchev–Trinajstić information content (AvgIpc) is 3.88. The van der Waals surface area contributed by atoms with Gasteiger partial charge in [0.25, 0.3) is 0 Å². The van der Waals surface area contributed by atoms with Crippen LogP contribution in [-0.2, 0) is 6.42 Å². The maximum atomic E-state index is 5.43. The van der Waals surface area contributed by atoms with Crippen molar-refractivity contribution in [2.75, 3.05) is 0 Å². The second kappa shape index (κ2) is 15.0. The van der Waals surface area contributed by atoms with Crippen LogP contribution in [-0.4, -0.2) is 27.5 Å². The van der Waals surface area contributed by atoms with Crippen molar-refractivity contribution in [3.8, 4) is 0 Å². The van der Waals surface area contributed by atoms with Gasteiger partial charge in [0, 0.05) is 51.3 Å². The lowest BCUT2D eigenvalue weighted by molar-refractivity contribution is 0.177. The van der Waals surface area contributed by atoms with Gasteiger partial charge in [-0.3, -0.25) is 5.32 Å².